The van der Waals surface area contributed by atoms with E-state index >= 15 is 0 Å². The highest BCUT2D eigenvalue weighted by molar-refractivity contribution is 9.10. The molecular formula is C27H30BrN5OS. The van der Waals surface area contributed by atoms with Crippen molar-refractivity contribution in [2.75, 3.05) is 29.1 Å². The van der Waals surface area contributed by atoms with Gasteiger partial charge in [-0.3, -0.25) is 4.79 Å². The van der Waals surface area contributed by atoms with E-state index < -0.39 is 6.04 Å². The molecule has 4 rings (SSSR count). The van der Waals surface area contributed by atoms with Crippen molar-refractivity contribution < 1.29 is 4.79 Å². The van der Waals surface area contributed by atoms with Crippen LogP contribution in [0.25, 0.3) is 0 Å². The molecule has 3 aromatic carbocycles. The van der Waals surface area contributed by atoms with Gasteiger partial charge < -0.3 is 21.4 Å². The Bertz CT molecular complexity index is 1100. The number of hydrogen-bond donors (Lipinski definition) is 4. The Balaban J connectivity index is 1.40. The zero-order valence-corrected chi connectivity index (χ0v) is 21.9. The number of nitrogens with zero attached hydrogens (tertiary/aromatic N) is 1. The number of amides is 1. The van der Waals surface area contributed by atoms with Gasteiger partial charge in [0.25, 0.3) is 5.91 Å². The molecule has 0 saturated carbocycles. The maximum Gasteiger partial charge on any atom is 0.251 e. The minimum Gasteiger partial charge on any atom is -0.347 e. The van der Waals surface area contributed by atoms with Crippen molar-refractivity contribution in [1.82, 2.24) is 10.3 Å². The van der Waals surface area contributed by atoms with E-state index in [1.807, 2.05) is 78.9 Å². The standard InChI is InChI=1S/C27H30BrN5OS/c28-21-10-12-23(13-11-21)30-27(35)31-25(20-8-4-3-5-9-20)26(34)29-22-14-16-24(17-15-22)32-33-18-6-1-2-7-19-33/h3-5,8-17,25,32H,1-2,6-7,18-19H2,(H,29,34)(H2,30,31,35). The summed E-state index contributed by atoms with van der Waals surface area (Å²) in [5, 5.41) is 12.0. The lowest BCUT2D eigenvalue weighted by molar-refractivity contribution is -0.117. The molecule has 0 spiro atoms. The molecule has 1 atom stereocenters. The molecule has 1 heterocycles. The van der Waals surface area contributed by atoms with Crippen LogP contribution in [0.1, 0.15) is 37.3 Å². The van der Waals surface area contributed by atoms with E-state index in [1.54, 1.807) is 0 Å². The maximum atomic E-state index is 13.3. The van der Waals surface area contributed by atoms with Crippen LogP contribution in [0.5, 0.6) is 0 Å². The average Bonchev–Trinajstić information content (AvgIpc) is 3.14. The number of hydrazine groups is 1. The summed E-state index contributed by atoms with van der Waals surface area (Å²) in [5.74, 6) is -0.190. The molecule has 4 N–H and O–H groups in total. The van der Waals surface area contributed by atoms with E-state index in [4.69, 9.17) is 12.2 Å². The van der Waals surface area contributed by atoms with Crippen molar-refractivity contribution in [3.05, 3.63) is 88.9 Å². The summed E-state index contributed by atoms with van der Waals surface area (Å²) in [6, 6.07) is 24.4. The normalized spacial score (nSPS) is 14.9. The van der Waals surface area contributed by atoms with E-state index in [-0.39, 0.29) is 5.91 Å². The van der Waals surface area contributed by atoms with Gasteiger partial charge in [0.2, 0.25) is 0 Å². The summed E-state index contributed by atoms with van der Waals surface area (Å²) in [4.78, 5) is 13.3. The fraction of sp³-hybridized carbons (Fsp3) is 0.259. The first-order valence-corrected chi connectivity index (χ1v) is 13.1. The summed E-state index contributed by atoms with van der Waals surface area (Å²) in [7, 11) is 0. The summed E-state index contributed by atoms with van der Waals surface area (Å²) >= 11 is 8.94. The lowest BCUT2D eigenvalue weighted by Gasteiger charge is -2.23. The molecule has 0 bridgehead atoms. The molecule has 6 nitrogen and oxygen atoms in total. The molecule has 0 aliphatic carbocycles. The van der Waals surface area contributed by atoms with E-state index in [2.05, 4.69) is 42.3 Å². The van der Waals surface area contributed by atoms with Crippen molar-refractivity contribution in [2.45, 2.75) is 31.7 Å². The SMILES string of the molecule is O=C(Nc1ccc(NN2CCCCCC2)cc1)C(NC(=S)Nc1ccc(Br)cc1)c1ccccc1. The van der Waals surface area contributed by atoms with E-state index in [1.165, 1.54) is 25.7 Å². The van der Waals surface area contributed by atoms with Gasteiger partial charge in [0, 0.05) is 34.6 Å². The summed E-state index contributed by atoms with van der Waals surface area (Å²) in [5.41, 5.74) is 6.89. The van der Waals surface area contributed by atoms with Crippen molar-refractivity contribution in [1.29, 1.82) is 0 Å². The predicted molar refractivity (Wildman–Crippen MR) is 151 cm³/mol. The Hall–Kier alpha value is -2.94. The largest absolute Gasteiger partial charge is 0.347 e. The summed E-state index contributed by atoms with van der Waals surface area (Å²) in [6.45, 7) is 2.11. The smallest absolute Gasteiger partial charge is 0.251 e. The summed E-state index contributed by atoms with van der Waals surface area (Å²) < 4.78 is 0.983. The third-order valence-electron chi connectivity index (χ3n) is 5.82. The second-order valence-electron chi connectivity index (χ2n) is 8.53. The molecule has 1 aliphatic heterocycles. The van der Waals surface area contributed by atoms with Crippen molar-refractivity contribution in [2.24, 2.45) is 0 Å². The summed E-state index contributed by atoms with van der Waals surface area (Å²) in [6.07, 6.45) is 5.02. The van der Waals surface area contributed by atoms with Gasteiger partial charge in [-0.25, -0.2) is 5.01 Å². The third-order valence-corrected chi connectivity index (χ3v) is 6.57. The molecule has 35 heavy (non-hydrogen) atoms. The second-order valence-corrected chi connectivity index (χ2v) is 9.85. The average molecular weight is 553 g/mol. The molecular weight excluding hydrogens is 522 g/mol. The fourth-order valence-electron chi connectivity index (χ4n) is 3.98. The van der Waals surface area contributed by atoms with Gasteiger partial charge >= 0.3 is 0 Å². The van der Waals surface area contributed by atoms with Gasteiger partial charge in [0.1, 0.15) is 6.04 Å². The molecule has 182 valence electrons. The highest BCUT2D eigenvalue weighted by atomic mass is 79.9. The van der Waals surface area contributed by atoms with Gasteiger partial charge in [0.15, 0.2) is 5.11 Å². The number of hydrogen-bond acceptors (Lipinski definition) is 4. The first-order chi connectivity index (χ1) is 17.1. The number of rotatable bonds is 7. The first-order valence-electron chi connectivity index (χ1n) is 11.9. The van der Waals surface area contributed by atoms with Crippen LogP contribution in [0.15, 0.2) is 83.3 Å². The van der Waals surface area contributed by atoms with Crippen LogP contribution >= 0.6 is 28.1 Å². The van der Waals surface area contributed by atoms with Crippen LogP contribution in [0.3, 0.4) is 0 Å². The van der Waals surface area contributed by atoms with E-state index in [0.29, 0.717) is 5.11 Å². The van der Waals surface area contributed by atoms with Gasteiger partial charge in [0.05, 0.1) is 0 Å². The van der Waals surface area contributed by atoms with Crippen LogP contribution in [-0.2, 0) is 4.79 Å². The van der Waals surface area contributed by atoms with Gasteiger partial charge in [-0.05, 0) is 79.2 Å². The Morgan fingerprint density at radius 3 is 2.00 bits per heavy atom. The molecule has 1 unspecified atom stereocenters. The number of thiocarbonyl (C=S) groups is 1. The minimum atomic E-state index is -0.651. The molecule has 1 fully saturated rings. The molecule has 0 aromatic heterocycles. The number of anilines is 3. The molecule has 0 radical (unpaired) electrons. The quantitative estimate of drug-likeness (QED) is 0.258. The highest BCUT2D eigenvalue weighted by Crippen LogP contribution is 2.20. The molecule has 3 aromatic rings. The number of carbonyl (C=O) groups is 1. The number of halogens is 1. The second kappa shape index (κ2) is 12.7. The fourth-order valence-corrected chi connectivity index (χ4v) is 4.48. The topological polar surface area (TPSA) is 68.4 Å². The Morgan fingerprint density at radius 2 is 1.34 bits per heavy atom. The van der Waals surface area contributed by atoms with Crippen LogP contribution in [0, 0.1) is 0 Å². The third kappa shape index (κ3) is 7.78. The lowest BCUT2D eigenvalue weighted by atomic mass is 10.1. The van der Waals surface area contributed by atoms with Gasteiger partial charge in [-0.2, -0.15) is 0 Å². The number of carbonyl (C=O) groups excluding carboxylic acids is 1. The molecule has 8 heteroatoms. The van der Waals surface area contributed by atoms with E-state index in [0.717, 1.165) is 40.2 Å². The van der Waals surface area contributed by atoms with Gasteiger partial charge in [-0.1, -0.05) is 59.1 Å². The minimum absolute atomic E-state index is 0.190. The Kier molecular flexibility index (Phi) is 9.11. The van der Waals surface area contributed by atoms with Crippen molar-refractivity contribution in [3.63, 3.8) is 0 Å². The van der Waals surface area contributed by atoms with Crippen molar-refractivity contribution in [3.8, 4) is 0 Å². The van der Waals surface area contributed by atoms with Crippen molar-refractivity contribution >= 4 is 56.2 Å². The van der Waals surface area contributed by atoms with E-state index in [9.17, 15) is 4.79 Å². The van der Waals surface area contributed by atoms with Gasteiger partial charge in [-0.15, -0.1) is 0 Å². The van der Waals surface area contributed by atoms with Crippen LogP contribution in [0.4, 0.5) is 17.1 Å². The molecule has 1 amide bonds. The lowest BCUT2D eigenvalue weighted by Crippen LogP contribution is -2.39. The molecule has 1 aliphatic rings. The zero-order valence-electron chi connectivity index (χ0n) is 19.5. The number of benzene rings is 3. The van der Waals surface area contributed by atoms with Crippen LogP contribution in [-0.4, -0.2) is 29.1 Å². The highest BCUT2D eigenvalue weighted by Gasteiger charge is 2.22. The monoisotopic (exact) mass is 551 g/mol. The Labute approximate surface area is 220 Å². The number of nitrogens with one attached hydrogen (secondary N) is 4. The van der Waals surface area contributed by atoms with Crippen LogP contribution in [0.2, 0.25) is 0 Å². The maximum absolute atomic E-state index is 13.3. The molecule has 1 saturated heterocycles. The Morgan fingerprint density at radius 1 is 0.771 bits per heavy atom. The first kappa shape index (κ1) is 25.2. The van der Waals surface area contributed by atoms with Crippen LogP contribution < -0.4 is 21.4 Å². The predicted octanol–water partition coefficient (Wildman–Crippen LogP) is 6.32. The zero-order chi connectivity index (χ0) is 24.5.